The van der Waals surface area contributed by atoms with Crippen LogP contribution in [0.5, 0.6) is 0 Å². The van der Waals surface area contributed by atoms with E-state index in [1.165, 1.54) is 23.1 Å². The summed E-state index contributed by atoms with van der Waals surface area (Å²) in [6, 6.07) is 6.03. The molecule has 0 radical (unpaired) electrons. The van der Waals surface area contributed by atoms with Gasteiger partial charge in [-0.05, 0) is 44.5 Å². The van der Waals surface area contributed by atoms with Gasteiger partial charge in [0.1, 0.15) is 0 Å². The number of Topliss-reactive ketones (excluding diaryl/α,β-unsaturated/α-hetero) is 1. The monoisotopic (exact) mass is 396 g/mol. The summed E-state index contributed by atoms with van der Waals surface area (Å²) in [7, 11) is 1.86. The highest BCUT2D eigenvalue weighted by Crippen LogP contribution is 2.25. The summed E-state index contributed by atoms with van der Waals surface area (Å²) in [4.78, 5) is 50.9. The number of benzene rings is 1. The van der Waals surface area contributed by atoms with Crippen molar-refractivity contribution in [3.05, 3.63) is 57.9 Å². The Hall–Kier alpha value is -3.22. The van der Waals surface area contributed by atoms with Gasteiger partial charge in [-0.3, -0.25) is 19.3 Å². The molecule has 0 saturated carbocycles. The summed E-state index contributed by atoms with van der Waals surface area (Å²) >= 11 is 0. The molecule has 7 heteroatoms. The molecule has 152 valence electrons. The third-order valence-corrected chi connectivity index (χ3v) is 5.35. The Morgan fingerprint density at radius 3 is 2.34 bits per heavy atom. The molecule has 2 heterocycles. The number of imide groups is 1. The Morgan fingerprint density at radius 2 is 1.72 bits per heavy atom. The average molecular weight is 396 g/mol. The molecule has 1 aromatic carbocycles. The van der Waals surface area contributed by atoms with Gasteiger partial charge < -0.3 is 9.30 Å². The molecule has 29 heavy (non-hydrogen) atoms. The van der Waals surface area contributed by atoms with Crippen LogP contribution in [0.3, 0.4) is 0 Å². The van der Waals surface area contributed by atoms with Crippen LogP contribution in [0, 0.1) is 13.8 Å². The van der Waals surface area contributed by atoms with Gasteiger partial charge in [-0.25, -0.2) is 4.79 Å². The smallest absolute Gasteiger partial charge is 0.338 e. The molecule has 1 aliphatic rings. The maximum Gasteiger partial charge on any atom is 0.338 e. The molecule has 0 unspecified atom stereocenters. The van der Waals surface area contributed by atoms with E-state index in [-0.39, 0.29) is 28.4 Å². The first-order chi connectivity index (χ1) is 13.8. The van der Waals surface area contributed by atoms with Crippen molar-refractivity contribution in [2.75, 3.05) is 13.2 Å². The van der Waals surface area contributed by atoms with Crippen LogP contribution in [0.1, 0.15) is 72.6 Å². The van der Waals surface area contributed by atoms with Crippen molar-refractivity contribution in [3.8, 4) is 0 Å². The van der Waals surface area contributed by atoms with Gasteiger partial charge in [0.2, 0.25) is 5.78 Å². The highest BCUT2D eigenvalue weighted by molar-refractivity contribution is 6.22. The predicted octanol–water partition coefficient (Wildman–Crippen LogP) is 3.08. The van der Waals surface area contributed by atoms with Gasteiger partial charge in [0.05, 0.1) is 16.7 Å². The Morgan fingerprint density at radius 1 is 1.03 bits per heavy atom. The lowest BCUT2D eigenvalue weighted by molar-refractivity contribution is 0.0474. The third kappa shape index (κ3) is 3.72. The largest absolute Gasteiger partial charge is 0.454 e. The molecule has 1 aliphatic heterocycles. The Balaban J connectivity index is 1.71. The van der Waals surface area contributed by atoms with E-state index in [0.29, 0.717) is 12.1 Å². The summed E-state index contributed by atoms with van der Waals surface area (Å²) < 4.78 is 7.05. The number of ether oxygens (including phenoxy) is 1. The lowest BCUT2D eigenvalue weighted by Gasteiger charge is -2.12. The van der Waals surface area contributed by atoms with Crippen molar-refractivity contribution in [2.24, 2.45) is 7.05 Å². The number of ketones is 1. The maximum atomic E-state index is 12.5. The molecule has 0 atom stereocenters. The van der Waals surface area contributed by atoms with Gasteiger partial charge in [0, 0.05) is 30.5 Å². The highest BCUT2D eigenvalue weighted by atomic mass is 16.5. The van der Waals surface area contributed by atoms with Crippen LogP contribution in [-0.2, 0) is 11.8 Å². The van der Waals surface area contributed by atoms with Gasteiger partial charge in [-0.15, -0.1) is 0 Å². The average Bonchev–Trinajstić information content (AvgIpc) is 3.11. The third-order valence-electron chi connectivity index (χ3n) is 5.35. The second-order valence-corrected chi connectivity index (χ2v) is 7.22. The second-order valence-electron chi connectivity index (χ2n) is 7.22. The zero-order valence-corrected chi connectivity index (χ0v) is 17.1. The zero-order valence-electron chi connectivity index (χ0n) is 17.1. The zero-order chi connectivity index (χ0) is 21.3. The summed E-state index contributed by atoms with van der Waals surface area (Å²) in [6.07, 6.45) is 1.58. The molecule has 0 aliphatic carbocycles. The minimum Gasteiger partial charge on any atom is -0.454 e. The van der Waals surface area contributed by atoms with E-state index in [1.54, 1.807) is 6.07 Å². The van der Waals surface area contributed by atoms with Crippen molar-refractivity contribution >= 4 is 23.6 Å². The van der Waals surface area contributed by atoms with Gasteiger partial charge in [0.15, 0.2) is 6.61 Å². The minimum absolute atomic E-state index is 0.135. The van der Waals surface area contributed by atoms with Crippen molar-refractivity contribution in [1.29, 1.82) is 0 Å². The van der Waals surface area contributed by atoms with E-state index in [9.17, 15) is 19.2 Å². The molecule has 0 bridgehead atoms. The van der Waals surface area contributed by atoms with E-state index < -0.39 is 18.5 Å². The number of carbonyl (C=O) groups excluding carboxylic acids is 4. The van der Waals surface area contributed by atoms with Crippen LogP contribution in [0.4, 0.5) is 0 Å². The van der Waals surface area contributed by atoms with Gasteiger partial charge in [-0.1, -0.05) is 13.3 Å². The molecule has 0 saturated heterocycles. The summed E-state index contributed by atoms with van der Waals surface area (Å²) in [5.74, 6) is -1.75. The number of nitrogens with zero attached hydrogens (tertiary/aromatic N) is 2. The Labute approximate surface area is 169 Å². The molecule has 0 N–H and O–H groups in total. The number of aryl methyl sites for hydroxylation is 1. The van der Waals surface area contributed by atoms with E-state index in [2.05, 4.69) is 0 Å². The van der Waals surface area contributed by atoms with Crippen molar-refractivity contribution < 1.29 is 23.9 Å². The fourth-order valence-corrected chi connectivity index (χ4v) is 3.37. The van der Waals surface area contributed by atoms with Crippen LogP contribution in [0.15, 0.2) is 24.3 Å². The Bertz CT molecular complexity index is 1020. The minimum atomic E-state index is -0.710. The number of hydrogen-bond donors (Lipinski definition) is 0. The quantitative estimate of drug-likeness (QED) is 0.408. The molecule has 2 amide bonds. The Kier molecular flexibility index (Phi) is 5.68. The van der Waals surface area contributed by atoms with Gasteiger partial charge in [-0.2, -0.15) is 0 Å². The summed E-state index contributed by atoms with van der Waals surface area (Å²) in [6.45, 7) is 5.66. The normalized spacial score (nSPS) is 13.0. The number of fused-ring (bicyclic) bond motifs is 1. The predicted molar refractivity (Wildman–Crippen MR) is 106 cm³/mol. The summed E-state index contributed by atoms with van der Waals surface area (Å²) in [5, 5.41) is 0. The molecule has 2 aromatic rings. The maximum absolute atomic E-state index is 12.5. The van der Waals surface area contributed by atoms with Crippen LogP contribution >= 0.6 is 0 Å². The lowest BCUT2D eigenvalue weighted by Crippen LogP contribution is -2.30. The number of rotatable bonds is 7. The first-order valence-electron chi connectivity index (χ1n) is 9.59. The number of aromatic nitrogens is 1. The van der Waals surface area contributed by atoms with Crippen LogP contribution in [0.25, 0.3) is 0 Å². The molecule has 3 rings (SSSR count). The first-order valence-corrected chi connectivity index (χ1v) is 9.59. The van der Waals surface area contributed by atoms with Crippen LogP contribution < -0.4 is 0 Å². The number of unbranched alkanes of at least 4 members (excludes halogenated alkanes) is 1. The van der Waals surface area contributed by atoms with Gasteiger partial charge >= 0.3 is 5.97 Å². The fraction of sp³-hybridized carbons (Fsp3) is 0.364. The van der Waals surface area contributed by atoms with E-state index >= 15 is 0 Å². The van der Waals surface area contributed by atoms with Crippen molar-refractivity contribution in [3.63, 3.8) is 0 Å². The van der Waals surface area contributed by atoms with Crippen LogP contribution in [0.2, 0.25) is 0 Å². The highest BCUT2D eigenvalue weighted by Gasteiger charge is 2.35. The SMILES string of the molecule is CCCCN1C(=O)c2ccc(C(=O)OCC(=O)c3cc(C)n(C)c3C)cc2C1=O. The number of amides is 2. The summed E-state index contributed by atoms with van der Waals surface area (Å²) in [5.41, 5.74) is 2.87. The number of hydrogen-bond acceptors (Lipinski definition) is 5. The molecule has 1 aromatic heterocycles. The topological polar surface area (TPSA) is 85.7 Å². The second kappa shape index (κ2) is 8.03. The van der Waals surface area contributed by atoms with E-state index in [0.717, 1.165) is 24.2 Å². The van der Waals surface area contributed by atoms with Gasteiger partial charge in [0.25, 0.3) is 11.8 Å². The number of carbonyl (C=O) groups is 4. The fourth-order valence-electron chi connectivity index (χ4n) is 3.37. The lowest BCUT2D eigenvalue weighted by atomic mass is 10.1. The molecular weight excluding hydrogens is 372 g/mol. The first kappa shape index (κ1) is 20.5. The van der Waals surface area contributed by atoms with Crippen molar-refractivity contribution in [1.82, 2.24) is 9.47 Å². The van der Waals surface area contributed by atoms with E-state index in [1.807, 2.05) is 32.4 Å². The molecule has 0 spiro atoms. The molecule has 0 fully saturated rings. The van der Waals surface area contributed by atoms with Crippen molar-refractivity contribution in [2.45, 2.75) is 33.6 Å². The standard InChI is InChI=1S/C22H24N2O5/c1-5-6-9-24-20(26)16-8-7-15(11-18(16)21(24)27)22(28)29-12-19(25)17-10-13(2)23(4)14(17)3/h7-8,10-11H,5-6,9,12H2,1-4H3. The van der Waals surface area contributed by atoms with Crippen LogP contribution in [-0.4, -0.2) is 46.2 Å². The molecular formula is C22H24N2O5. The molecule has 7 nitrogen and oxygen atoms in total. The van der Waals surface area contributed by atoms with E-state index in [4.69, 9.17) is 4.74 Å². The number of esters is 1.